The quantitative estimate of drug-likeness (QED) is 0.506. The third-order valence-electron chi connectivity index (χ3n) is 4.65. The Bertz CT molecular complexity index is 1060. The first kappa shape index (κ1) is 17.0. The number of rotatable bonds is 5. The topological polar surface area (TPSA) is 57.0 Å². The molecule has 0 aliphatic rings. The van der Waals surface area contributed by atoms with Gasteiger partial charge in [0.25, 0.3) is 0 Å². The second kappa shape index (κ2) is 7.41. The van der Waals surface area contributed by atoms with Crippen molar-refractivity contribution in [2.45, 2.75) is 12.5 Å². The lowest BCUT2D eigenvalue weighted by Crippen LogP contribution is -2.24. The van der Waals surface area contributed by atoms with Gasteiger partial charge in [-0.2, -0.15) is 5.10 Å². The predicted molar refractivity (Wildman–Crippen MR) is 104 cm³/mol. The summed E-state index contributed by atoms with van der Waals surface area (Å²) in [6, 6.07) is 19.4. The molecule has 4 rings (SSSR count). The van der Waals surface area contributed by atoms with Crippen molar-refractivity contribution < 1.29 is 9.53 Å². The summed E-state index contributed by atoms with van der Waals surface area (Å²) in [6.45, 7) is 0. The van der Waals surface area contributed by atoms with Gasteiger partial charge in [-0.15, -0.1) is 0 Å². The van der Waals surface area contributed by atoms with Gasteiger partial charge >= 0.3 is 5.97 Å². The van der Waals surface area contributed by atoms with E-state index in [1.807, 2.05) is 54.6 Å². The van der Waals surface area contributed by atoms with E-state index in [1.165, 1.54) is 7.11 Å². The molecule has 0 bridgehead atoms. The third kappa shape index (κ3) is 3.44. The zero-order valence-corrected chi connectivity index (χ0v) is 14.9. The summed E-state index contributed by atoms with van der Waals surface area (Å²) in [5, 5.41) is 5.48. The Kier molecular flexibility index (Phi) is 4.66. The summed E-state index contributed by atoms with van der Waals surface area (Å²) in [6.07, 6.45) is 5.86. The van der Waals surface area contributed by atoms with E-state index < -0.39 is 6.04 Å². The number of carbonyl (C=O) groups is 1. The van der Waals surface area contributed by atoms with Crippen LogP contribution in [0.5, 0.6) is 0 Å². The number of esters is 1. The number of benzene rings is 2. The summed E-state index contributed by atoms with van der Waals surface area (Å²) in [5.74, 6) is -0.304. The fourth-order valence-corrected chi connectivity index (χ4v) is 3.27. The number of hydrogen-bond donors (Lipinski definition) is 0. The van der Waals surface area contributed by atoms with Crippen LogP contribution in [0.3, 0.4) is 0 Å². The summed E-state index contributed by atoms with van der Waals surface area (Å²) in [4.78, 5) is 16.5. The summed E-state index contributed by atoms with van der Waals surface area (Å²) < 4.78 is 6.80. The first-order valence-corrected chi connectivity index (χ1v) is 8.75. The van der Waals surface area contributed by atoms with E-state index in [-0.39, 0.29) is 5.97 Å². The van der Waals surface area contributed by atoms with Crippen LogP contribution in [-0.4, -0.2) is 27.8 Å². The molecule has 0 N–H and O–H groups in total. The van der Waals surface area contributed by atoms with Crippen molar-refractivity contribution in [3.05, 3.63) is 84.8 Å². The number of aromatic nitrogens is 3. The maximum atomic E-state index is 12.5. The standard InChI is InChI=1S/C22H19N3O2/c1-27-22(26)21(13-16-5-3-2-4-6-16)25-20-8-7-18(14-19(20)15-24-25)17-9-11-23-12-10-17/h2-12,14-15,21H,13H2,1H3. The molecule has 0 amide bonds. The minimum Gasteiger partial charge on any atom is -0.467 e. The van der Waals surface area contributed by atoms with E-state index >= 15 is 0 Å². The molecule has 27 heavy (non-hydrogen) atoms. The number of carbonyl (C=O) groups excluding carboxylic acids is 1. The molecule has 2 aromatic carbocycles. The molecular weight excluding hydrogens is 338 g/mol. The lowest BCUT2D eigenvalue weighted by molar-refractivity contribution is -0.144. The first-order valence-electron chi connectivity index (χ1n) is 8.75. The highest BCUT2D eigenvalue weighted by Gasteiger charge is 2.24. The molecular formula is C22H19N3O2. The monoisotopic (exact) mass is 357 g/mol. The van der Waals surface area contributed by atoms with Gasteiger partial charge in [-0.05, 0) is 41.0 Å². The van der Waals surface area contributed by atoms with Crippen LogP contribution in [-0.2, 0) is 16.0 Å². The molecule has 0 aliphatic heterocycles. The van der Waals surface area contributed by atoms with Crippen molar-refractivity contribution >= 4 is 16.9 Å². The lowest BCUT2D eigenvalue weighted by Gasteiger charge is -2.16. The number of pyridine rings is 1. The van der Waals surface area contributed by atoms with Crippen LogP contribution in [0.1, 0.15) is 11.6 Å². The van der Waals surface area contributed by atoms with Gasteiger partial charge in [0.2, 0.25) is 0 Å². The van der Waals surface area contributed by atoms with E-state index in [0.717, 1.165) is 27.6 Å². The van der Waals surface area contributed by atoms with Crippen LogP contribution < -0.4 is 0 Å². The van der Waals surface area contributed by atoms with Crippen molar-refractivity contribution in [2.24, 2.45) is 0 Å². The van der Waals surface area contributed by atoms with E-state index in [0.29, 0.717) is 6.42 Å². The van der Waals surface area contributed by atoms with Crippen molar-refractivity contribution in [3.63, 3.8) is 0 Å². The fourth-order valence-electron chi connectivity index (χ4n) is 3.27. The fraction of sp³-hybridized carbons (Fsp3) is 0.136. The summed E-state index contributed by atoms with van der Waals surface area (Å²) >= 11 is 0. The molecule has 5 nitrogen and oxygen atoms in total. The first-order chi connectivity index (χ1) is 13.3. The minimum atomic E-state index is -0.512. The van der Waals surface area contributed by atoms with Crippen LogP contribution in [0, 0.1) is 0 Å². The highest BCUT2D eigenvalue weighted by molar-refractivity contribution is 5.86. The third-order valence-corrected chi connectivity index (χ3v) is 4.65. The van der Waals surface area contributed by atoms with E-state index in [9.17, 15) is 4.79 Å². The average Bonchev–Trinajstić information content (AvgIpc) is 3.16. The van der Waals surface area contributed by atoms with Crippen molar-refractivity contribution in [1.29, 1.82) is 0 Å². The van der Waals surface area contributed by atoms with Gasteiger partial charge in [-0.25, -0.2) is 4.79 Å². The Hall–Kier alpha value is -3.47. The van der Waals surface area contributed by atoms with Gasteiger partial charge in [0.15, 0.2) is 6.04 Å². The molecule has 0 radical (unpaired) electrons. The molecule has 0 spiro atoms. The van der Waals surface area contributed by atoms with Gasteiger partial charge in [0.05, 0.1) is 18.8 Å². The molecule has 2 heterocycles. The van der Waals surface area contributed by atoms with Gasteiger partial charge in [-0.1, -0.05) is 36.4 Å². The molecule has 1 unspecified atom stereocenters. The SMILES string of the molecule is COC(=O)C(Cc1ccccc1)n1ncc2cc(-c3ccncc3)ccc21. The smallest absolute Gasteiger partial charge is 0.331 e. The lowest BCUT2D eigenvalue weighted by atomic mass is 10.0. The van der Waals surface area contributed by atoms with Gasteiger partial charge in [0.1, 0.15) is 0 Å². The Morgan fingerprint density at radius 2 is 1.81 bits per heavy atom. The van der Waals surface area contributed by atoms with Crippen LogP contribution in [0.2, 0.25) is 0 Å². The predicted octanol–water partition coefficient (Wildman–Crippen LogP) is 4.06. The van der Waals surface area contributed by atoms with Gasteiger partial charge in [-0.3, -0.25) is 9.67 Å². The number of ether oxygens (including phenoxy) is 1. The Balaban J connectivity index is 1.73. The number of fused-ring (bicyclic) bond motifs is 1. The number of methoxy groups -OCH3 is 1. The molecule has 0 aliphatic carbocycles. The van der Waals surface area contributed by atoms with Crippen LogP contribution in [0.4, 0.5) is 0 Å². The van der Waals surface area contributed by atoms with E-state index in [2.05, 4.69) is 16.1 Å². The number of hydrogen-bond acceptors (Lipinski definition) is 4. The highest BCUT2D eigenvalue weighted by Crippen LogP contribution is 2.27. The highest BCUT2D eigenvalue weighted by atomic mass is 16.5. The summed E-state index contributed by atoms with van der Waals surface area (Å²) in [5.41, 5.74) is 4.14. The largest absolute Gasteiger partial charge is 0.467 e. The Labute approximate surface area is 157 Å². The molecule has 0 saturated carbocycles. The normalized spacial score (nSPS) is 12.0. The van der Waals surface area contributed by atoms with Crippen LogP contribution in [0.25, 0.3) is 22.0 Å². The molecule has 0 fully saturated rings. The zero-order valence-electron chi connectivity index (χ0n) is 14.9. The molecule has 4 aromatic rings. The minimum absolute atomic E-state index is 0.304. The van der Waals surface area contributed by atoms with Gasteiger partial charge in [0, 0.05) is 24.2 Å². The molecule has 5 heteroatoms. The molecule has 134 valence electrons. The van der Waals surface area contributed by atoms with Gasteiger partial charge < -0.3 is 4.74 Å². The second-order valence-corrected chi connectivity index (χ2v) is 6.33. The van der Waals surface area contributed by atoms with Crippen molar-refractivity contribution in [2.75, 3.05) is 7.11 Å². The van der Waals surface area contributed by atoms with E-state index in [4.69, 9.17) is 4.74 Å². The number of nitrogens with zero attached hydrogens (tertiary/aromatic N) is 3. The zero-order chi connectivity index (χ0) is 18.6. The van der Waals surface area contributed by atoms with Crippen molar-refractivity contribution in [1.82, 2.24) is 14.8 Å². The Morgan fingerprint density at radius 3 is 2.56 bits per heavy atom. The van der Waals surface area contributed by atoms with E-state index in [1.54, 1.807) is 23.3 Å². The van der Waals surface area contributed by atoms with Crippen molar-refractivity contribution in [3.8, 4) is 11.1 Å². The summed E-state index contributed by atoms with van der Waals surface area (Å²) in [7, 11) is 1.41. The van der Waals surface area contributed by atoms with Crippen LogP contribution >= 0.6 is 0 Å². The Morgan fingerprint density at radius 1 is 1.04 bits per heavy atom. The molecule has 2 aromatic heterocycles. The molecule has 1 atom stereocenters. The average molecular weight is 357 g/mol. The maximum absolute atomic E-state index is 12.5. The maximum Gasteiger partial charge on any atom is 0.331 e. The second-order valence-electron chi connectivity index (χ2n) is 6.33. The van der Waals surface area contributed by atoms with Crippen LogP contribution in [0.15, 0.2) is 79.3 Å². The molecule has 0 saturated heterocycles.